The Morgan fingerprint density at radius 2 is 0.959 bits per heavy atom. The first-order valence-corrected chi connectivity index (χ1v) is 31.3. The molecule has 3 atom stereocenters. The zero-order valence-electron chi connectivity index (χ0n) is 53.9. The van der Waals surface area contributed by atoms with Crippen LogP contribution in [0.4, 0.5) is 85.5 Å². The van der Waals surface area contributed by atoms with E-state index >= 15 is 0 Å². The zero-order chi connectivity index (χ0) is 69.2. The van der Waals surface area contributed by atoms with Gasteiger partial charge in [-0.2, -0.15) is 8.42 Å². The molecule has 27 nitrogen and oxygen atoms in total. The third kappa shape index (κ3) is 19.0. The van der Waals surface area contributed by atoms with Gasteiger partial charge in [-0.1, -0.05) is 15.5 Å². The van der Waals surface area contributed by atoms with E-state index in [1.807, 2.05) is 6.92 Å². The third-order valence-corrected chi connectivity index (χ3v) is 15.2. The van der Waals surface area contributed by atoms with Crippen molar-refractivity contribution in [1.29, 1.82) is 0 Å². The van der Waals surface area contributed by atoms with Crippen LogP contribution in [0.1, 0.15) is 59.3 Å². The number of benzene rings is 3. The van der Waals surface area contributed by atoms with Gasteiger partial charge in [0.25, 0.3) is 10.1 Å². The molecule has 0 radical (unpaired) electrons. The number of carbonyl (C=O) groups excluding carboxylic acids is 7. The summed E-state index contributed by atoms with van der Waals surface area (Å²) in [5, 5.41) is 11.1. The molecule has 3 aromatic heterocycles. The Kier molecular flexibility index (Phi) is 24.2. The normalized spacial score (nSPS) is 18.4. The van der Waals surface area contributed by atoms with E-state index in [0.717, 1.165) is 37.2 Å². The van der Waals surface area contributed by atoms with E-state index in [9.17, 15) is 68.3 Å². The van der Waals surface area contributed by atoms with Crippen molar-refractivity contribution in [1.82, 2.24) is 15.5 Å². The van der Waals surface area contributed by atoms with Gasteiger partial charge in [0, 0.05) is 75.7 Å². The van der Waals surface area contributed by atoms with Crippen molar-refractivity contribution in [2.45, 2.75) is 83.7 Å². The SMILES string of the molecule is CC(C)(C)OC(=O)N(C[C@H]1CN(c2ccc(N3C=CC(=O)CC3)c(F)c2F)C(=O)O1)c1ccon1.CS(=O)(=O)OC[C@H]1CN(c2ccc(N3C=CC(=O)CC3)c(F)c2F)C(=O)O1.Cc1ccon1.O=C1C=CN(c2ccc(N3C[C@H](CCc4ccon4)OC3=O)c(F)c2F)CC1.[H-].[Na+]. The summed E-state index contributed by atoms with van der Waals surface area (Å²) in [6.45, 7) is 6.85. The molecule has 0 aliphatic carbocycles. The maximum Gasteiger partial charge on any atom is 1.00 e. The summed E-state index contributed by atoms with van der Waals surface area (Å²) in [4.78, 5) is 91.5. The Bertz CT molecular complexity index is 4080. The van der Waals surface area contributed by atoms with E-state index in [4.69, 9.17) is 28.0 Å². The van der Waals surface area contributed by atoms with Crippen LogP contribution >= 0.6 is 0 Å². The molecule has 6 aliphatic rings. The molecule has 35 heteroatoms. The van der Waals surface area contributed by atoms with E-state index in [-0.39, 0.29) is 153 Å². The number of ketones is 3. The Morgan fingerprint density at radius 3 is 1.33 bits per heavy atom. The molecule has 512 valence electrons. The molecule has 3 fully saturated rings. The number of ether oxygens (including phenoxy) is 4. The standard InChI is InChI=1S/C23H24F2N4O6.C19H17F2N3O4.C16H16F2N2O6S.C4H5NO.Na.H/c1-23(2,3)35-22(32)29(18-8-11-33-26-18)13-15-12-28(21(31)34-15)17-5-4-16(19(24)20(17)25)27-9-6-14(30)7-10-27;20-17-15(23-8-5-13(25)6-9-23)3-4-16(18(17)21)24-11-14(28-19(24)26)2-1-12-7-10-27-22-12;1-27(23,24)25-9-11-8-20(16(22)26-11)13-3-2-12(14(17)15(13)18)19-6-4-10(21)5-7-19;1-4-2-3-6-5-4;;/h4-6,8-9,11,15H,7,10,12-13H2,1-3H3;3-5,7-8,10,14H,1-2,6,9,11H2;2-4,6,11H,5,7-9H2,1H3;2-3H,1H3;;/q;;;;+1;-1/t15-;14-;11-;;;/m101.../s1. The molecule has 0 spiro atoms. The summed E-state index contributed by atoms with van der Waals surface area (Å²) in [7, 11) is -3.73. The van der Waals surface area contributed by atoms with Gasteiger partial charge >= 0.3 is 53.9 Å². The van der Waals surface area contributed by atoms with Gasteiger partial charge in [0.1, 0.15) is 49.3 Å². The first-order chi connectivity index (χ1) is 45.6. The van der Waals surface area contributed by atoms with Gasteiger partial charge in [-0.25, -0.2) is 45.5 Å². The monoisotopic (exact) mass is 1390 g/mol. The van der Waals surface area contributed by atoms with Gasteiger partial charge < -0.3 is 48.6 Å². The second-order valence-electron chi connectivity index (χ2n) is 22.8. The number of hydrogen-bond donors (Lipinski definition) is 0. The molecule has 3 saturated heterocycles. The maximum absolute atomic E-state index is 15.0. The number of aromatic nitrogens is 3. The number of rotatable bonds is 15. The predicted molar refractivity (Wildman–Crippen MR) is 328 cm³/mol. The molecular formula is C62H63F6N10NaO17S. The summed E-state index contributed by atoms with van der Waals surface area (Å²) in [6, 6.07) is 12.8. The minimum Gasteiger partial charge on any atom is -1.00 e. The van der Waals surface area contributed by atoms with Crippen LogP contribution in [0.2, 0.25) is 0 Å². The topological polar surface area (TPSA) is 301 Å². The summed E-state index contributed by atoms with van der Waals surface area (Å²) in [5.74, 6) is -7.14. The van der Waals surface area contributed by atoms with Gasteiger partial charge in [0.05, 0.1) is 77.9 Å². The quantitative estimate of drug-likeness (QED) is 0.0438. The number of aryl methyl sites for hydroxylation is 2. The Hall–Kier alpha value is -9.51. The van der Waals surface area contributed by atoms with Crippen LogP contribution < -0.4 is 63.9 Å². The average molecular weight is 1390 g/mol. The van der Waals surface area contributed by atoms with E-state index in [0.29, 0.717) is 12.8 Å². The Labute approximate surface area is 573 Å². The number of allylic oxidation sites excluding steroid dienone is 3. The molecule has 97 heavy (non-hydrogen) atoms. The fourth-order valence-electron chi connectivity index (χ4n) is 9.93. The van der Waals surface area contributed by atoms with Crippen LogP contribution in [0.5, 0.6) is 0 Å². The van der Waals surface area contributed by atoms with Gasteiger partial charge in [-0.05, 0) is 95.2 Å². The first-order valence-electron chi connectivity index (χ1n) is 29.4. The molecule has 0 saturated carbocycles. The van der Waals surface area contributed by atoms with E-state index in [2.05, 4.69) is 24.2 Å². The number of nitrogens with zero attached hydrogens (tertiary/aromatic N) is 10. The van der Waals surface area contributed by atoms with Crippen molar-refractivity contribution in [3.8, 4) is 0 Å². The molecule has 6 aromatic rings. The van der Waals surface area contributed by atoms with Crippen molar-refractivity contribution >= 4 is 91.8 Å². The maximum atomic E-state index is 15.0. The van der Waals surface area contributed by atoms with Crippen LogP contribution in [0.15, 0.2) is 124 Å². The zero-order valence-corrected chi connectivity index (χ0v) is 55.7. The van der Waals surface area contributed by atoms with Crippen molar-refractivity contribution in [2.75, 3.05) is 93.0 Å². The van der Waals surface area contributed by atoms with Crippen LogP contribution in [0, 0.1) is 41.8 Å². The van der Waals surface area contributed by atoms with Gasteiger partial charge in [-0.15, -0.1) is 0 Å². The Balaban J connectivity index is 0.000000198. The van der Waals surface area contributed by atoms with Gasteiger partial charge in [-0.3, -0.25) is 38.2 Å². The number of anilines is 7. The number of halogens is 6. The molecule has 12 rings (SSSR count). The third-order valence-electron chi connectivity index (χ3n) is 14.6. The van der Waals surface area contributed by atoms with Crippen molar-refractivity contribution in [3.05, 3.63) is 157 Å². The van der Waals surface area contributed by atoms with Gasteiger partial charge in [0.15, 0.2) is 58.1 Å². The summed E-state index contributed by atoms with van der Waals surface area (Å²) < 4.78 is 150. The summed E-state index contributed by atoms with van der Waals surface area (Å²) in [6.07, 6.45) is 9.24. The minimum atomic E-state index is -3.73. The van der Waals surface area contributed by atoms with Crippen molar-refractivity contribution in [3.63, 3.8) is 0 Å². The molecule has 9 heterocycles. The molecule has 0 unspecified atom stereocenters. The van der Waals surface area contributed by atoms with Gasteiger partial charge in [0.2, 0.25) is 0 Å². The average Bonchev–Trinajstić information content (AvgIpc) is 1.39. The van der Waals surface area contributed by atoms with Crippen LogP contribution in [0.25, 0.3) is 0 Å². The molecule has 0 bridgehead atoms. The molecule has 4 amide bonds. The van der Waals surface area contributed by atoms with Crippen LogP contribution in [0.3, 0.4) is 0 Å². The van der Waals surface area contributed by atoms with Crippen LogP contribution in [-0.2, 0) is 54.1 Å². The van der Waals surface area contributed by atoms with Crippen molar-refractivity contribution < 1.29 is 136 Å². The second-order valence-corrected chi connectivity index (χ2v) is 24.5. The van der Waals surface area contributed by atoms with Crippen LogP contribution in [-0.4, -0.2) is 148 Å². The van der Waals surface area contributed by atoms with Crippen molar-refractivity contribution in [2.24, 2.45) is 0 Å². The second kappa shape index (κ2) is 32.0. The number of amides is 4. The predicted octanol–water partition coefficient (Wildman–Crippen LogP) is 6.87. The minimum absolute atomic E-state index is 0. The fourth-order valence-corrected chi connectivity index (χ4v) is 10.3. The van der Waals surface area contributed by atoms with E-state index in [1.165, 1.54) is 107 Å². The fraction of sp³-hybridized carbons (Fsp3) is 0.355. The summed E-state index contributed by atoms with van der Waals surface area (Å²) in [5.41, 5.74) is -0.0602. The molecular weight excluding hydrogens is 1330 g/mol. The van der Waals surface area contributed by atoms with E-state index < -0.39 is 99.9 Å². The smallest absolute Gasteiger partial charge is 1.00 e. The number of cyclic esters (lactones) is 3. The Morgan fingerprint density at radius 1 is 0.567 bits per heavy atom. The first kappa shape index (κ1) is 73.3. The largest absolute Gasteiger partial charge is 1.00 e. The molecule has 6 aliphatic heterocycles. The summed E-state index contributed by atoms with van der Waals surface area (Å²) >= 11 is 0. The number of hydrogen-bond acceptors (Lipinski definition) is 23. The number of carbonyl (C=O) groups is 7. The van der Waals surface area contributed by atoms with E-state index in [1.54, 1.807) is 39.2 Å². The molecule has 0 N–H and O–H groups in total. The molecule has 3 aromatic carbocycles.